The lowest BCUT2D eigenvalue weighted by molar-refractivity contribution is -0.154. The summed E-state index contributed by atoms with van der Waals surface area (Å²) in [5.74, 6) is -1.87. The average molecular weight is 382 g/mol. The summed E-state index contributed by atoms with van der Waals surface area (Å²) in [5, 5.41) is 11.8. The van der Waals surface area contributed by atoms with Gasteiger partial charge in [0.1, 0.15) is 0 Å². The zero-order valence-corrected chi connectivity index (χ0v) is 14.5. The lowest BCUT2D eigenvalue weighted by Crippen LogP contribution is -2.28. The van der Waals surface area contributed by atoms with Gasteiger partial charge in [-0.1, -0.05) is 12.1 Å². The predicted molar refractivity (Wildman–Crippen MR) is 90.8 cm³/mol. The fourth-order valence-corrected chi connectivity index (χ4v) is 2.08. The molecule has 0 saturated heterocycles. The van der Waals surface area contributed by atoms with E-state index in [-0.39, 0.29) is 11.4 Å². The summed E-state index contributed by atoms with van der Waals surface area (Å²) >= 11 is 0. The first kappa shape index (κ1) is 20.2. The fourth-order valence-electron chi connectivity index (χ4n) is 2.08. The molecule has 0 saturated carbocycles. The van der Waals surface area contributed by atoms with E-state index in [1.807, 2.05) is 0 Å². The molecule has 9 heteroatoms. The van der Waals surface area contributed by atoms with E-state index in [2.05, 4.69) is 15.0 Å². The number of aliphatic carboxylic acids is 1. The zero-order valence-electron chi connectivity index (χ0n) is 14.5. The summed E-state index contributed by atoms with van der Waals surface area (Å²) in [4.78, 5) is 27.1. The highest BCUT2D eigenvalue weighted by Crippen LogP contribution is 2.25. The van der Waals surface area contributed by atoms with Crippen LogP contribution in [0.2, 0.25) is 0 Å². The lowest BCUT2D eigenvalue weighted by Gasteiger charge is -2.19. The van der Waals surface area contributed by atoms with Crippen molar-refractivity contribution in [3.05, 3.63) is 53.7 Å². The average Bonchev–Trinajstić information content (AvgIpc) is 2.60. The molecule has 0 bridgehead atoms. The Labute approximate surface area is 153 Å². The monoisotopic (exact) mass is 382 g/mol. The molecule has 2 rings (SSSR count). The molecule has 144 valence electrons. The van der Waals surface area contributed by atoms with Gasteiger partial charge in [-0.25, -0.2) is 4.98 Å². The predicted octanol–water partition coefficient (Wildman–Crippen LogP) is 3.64. The van der Waals surface area contributed by atoms with Gasteiger partial charge < -0.3 is 15.2 Å². The Morgan fingerprint density at radius 1 is 1.15 bits per heavy atom. The molecule has 1 amide bonds. The van der Waals surface area contributed by atoms with Crippen molar-refractivity contribution in [1.29, 1.82) is 0 Å². The van der Waals surface area contributed by atoms with Gasteiger partial charge in [0.2, 0.25) is 5.88 Å². The number of alkyl halides is 3. The molecule has 2 aromatic rings. The summed E-state index contributed by atoms with van der Waals surface area (Å²) in [6.07, 6.45) is -3.34. The minimum absolute atomic E-state index is 0.0668. The molecule has 0 aliphatic heterocycles. The molecular formula is C18H17F3N2O4. The van der Waals surface area contributed by atoms with Crippen molar-refractivity contribution in [1.82, 2.24) is 4.98 Å². The number of carbonyl (C=O) groups excluding carboxylic acids is 1. The van der Waals surface area contributed by atoms with Gasteiger partial charge in [-0.2, -0.15) is 13.2 Å². The minimum Gasteiger partial charge on any atom is -0.481 e. The summed E-state index contributed by atoms with van der Waals surface area (Å²) in [6.45, 7) is 1.61. The molecule has 0 atom stereocenters. The van der Waals surface area contributed by atoms with Crippen LogP contribution in [0.4, 0.5) is 18.9 Å². The number of hydrogen-bond acceptors (Lipinski definition) is 4. The molecule has 1 aromatic heterocycles. The number of ether oxygens (including phenoxy) is 1. The van der Waals surface area contributed by atoms with Gasteiger partial charge >= 0.3 is 12.1 Å². The third kappa shape index (κ3) is 5.44. The van der Waals surface area contributed by atoms with Crippen molar-refractivity contribution < 1.29 is 32.6 Å². The van der Waals surface area contributed by atoms with Gasteiger partial charge in [0.05, 0.1) is 5.41 Å². The van der Waals surface area contributed by atoms with Crippen molar-refractivity contribution in [3.63, 3.8) is 0 Å². The molecule has 27 heavy (non-hydrogen) atoms. The van der Waals surface area contributed by atoms with Crippen LogP contribution in [0.3, 0.4) is 0 Å². The van der Waals surface area contributed by atoms with E-state index in [9.17, 15) is 27.9 Å². The highest BCUT2D eigenvalue weighted by atomic mass is 19.4. The third-order valence-electron chi connectivity index (χ3n) is 3.78. The van der Waals surface area contributed by atoms with Gasteiger partial charge in [0.25, 0.3) is 5.91 Å². The molecular weight excluding hydrogens is 365 g/mol. The molecule has 0 unspecified atom stereocenters. The van der Waals surface area contributed by atoms with Crippen molar-refractivity contribution in [3.8, 4) is 5.88 Å². The van der Waals surface area contributed by atoms with E-state index in [1.54, 1.807) is 38.1 Å². The van der Waals surface area contributed by atoms with Crippen LogP contribution >= 0.6 is 0 Å². The number of hydrogen-bond donors (Lipinski definition) is 2. The van der Waals surface area contributed by atoms with Crippen LogP contribution < -0.4 is 10.1 Å². The molecule has 0 radical (unpaired) electrons. The summed E-state index contributed by atoms with van der Waals surface area (Å²) in [7, 11) is 0. The highest BCUT2D eigenvalue weighted by molar-refractivity contribution is 6.04. The molecule has 0 spiro atoms. The molecule has 1 aromatic carbocycles. The van der Waals surface area contributed by atoms with Crippen LogP contribution in [0.5, 0.6) is 5.88 Å². The van der Waals surface area contributed by atoms with E-state index < -0.39 is 30.1 Å². The summed E-state index contributed by atoms with van der Waals surface area (Å²) < 4.78 is 41.1. The maximum Gasteiger partial charge on any atom is 0.422 e. The Morgan fingerprint density at radius 2 is 1.78 bits per heavy atom. The zero-order chi connectivity index (χ0) is 20.2. The van der Waals surface area contributed by atoms with Crippen LogP contribution in [0.15, 0.2) is 42.6 Å². The lowest BCUT2D eigenvalue weighted by atomic mass is 9.85. The largest absolute Gasteiger partial charge is 0.481 e. The van der Waals surface area contributed by atoms with Crippen molar-refractivity contribution in [2.24, 2.45) is 0 Å². The number of carboxylic acids is 1. The number of halogens is 3. The number of carbonyl (C=O) groups is 2. The second kappa shape index (κ2) is 7.65. The van der Waals surface area contributed by atoms with E-state index in [0.717, 1.165) is 6.07 Å². The number of rotatable bonds is 6. The summed E-state index contributed by atoms with van der Waals surface area (Å²) in [6, 6.07) is 8.67. The van der Waals surface area contributed by atoms with E-state index >= 15 is 0 Å². The number of amides is 1. The number of carboxylic acid groups (broad SMARTS) is 1. The van der Waals surface area contributed by atoms with Crippen molar-refractivity contribution in [2.45, 2.75) is 25.4 Å². The number of nitrogens with one attached hydrogen (secondary N) is 1. The Hall–Kier alpha value is -3.10. The smallest absolute Gasteiger partial charge is 0.422 e. The van der Waals surface area contributed by atoms with Crippen LogP contribution in [-0.4, -0.2) is 34.8 Å². The molecule has 0 aliphatic carbocycles. The minimum atomic E-state index is -4.51. The Morgan fingerprint density at radius 3 is 2.33 bits per heavy atom. The fraction of sp³-hybridized carbons (Fsp3) is 0.278. The standard InChI is InChI=1S/C18H17F3N2O4/c1-17(2,16(25)26)12-3-5-13(6-4-12)23-15(24)11-7-8-22-14(9-11)27-10-18(19,20)21/h3-9H,10H2,1-2H3,(H,23,24)(H,25,26). The van der Waals surface area contributed by atoms with Gasteiger partial charge in [0.15, 0.2) is 6.61 Å². The molecule has 0 fully saturated rings. The van der Waals surface area contributed by atoms with Crippen molar-refractivity contribution in [2.75, 3.05) is 11.9 Å². The first-order valence-electron chi connectivity index (χ1n) is 7.80. The maximum atomic E-state index is 12.2. The maximum absolute atomic E-state index is 12.2. The van der Waals surface area contributed by atoms with Crippen LogP contribution in [0.25, 0.3) is 0 Å². The number of anilines is 1. The van der Waals surface area contributed by atoms with Crippen LogP contribution in [0.1, 0.15) is 29.8 Å². The molecule has 0 aliphatic rings. The SMILES string of the molecule is CC(C)(C(=O)O)c1ccc(NC(=O)c2ccnc(OCC(F)(F)F)c2)cc1. The first-order chi connectivity index (χ1) is 12.5. The molecule has 1 heterocycles. The Bertz CT molecular complexity index is 833. The van der Waals surface area contributed by atoms with Crippen LogP contribution in [0, 0.1) is 0 Å². The quantitative estimate of drug-likeness (QED) is 0.796. The summed E-state index contributed by atoms with van der Waals surface area (Å²) in [5.41, 5.74) is -0.0605. The van der Waals surface area contributed by atoms with Gasteiger partial charge in [-0.05, 0) is 37.6 Å². The third-order valence-corrected chi connectivity index (χ3v) is 3.78. The van der Waals surface area contributed by atoms with E-state index in [0.29, 0.717) is 11.3 Å². The second-order valence-corrected chi connectivity index (χ2v) is 6.25. The Kier molecular flexibility index (Phi) is 5.72. The number of aromatic nitrogens is 1. The van der Waals surface area contributed by atoms with Gasteiger partial charge in [0, 0.05) is 23.5 Å². The Balaban J connectivity index is 2.08. The van der Waals surface area contributed by atoms with Gasteiger partial charge in [-0.3, -0.25) is 9.59 Å². The molecule has 6 nitrogen and oxygen atoms in total. The second-order valence-electron chi connectivity index (χ2n) is 6.25. The normalized spacial score (nSPS) is 11.7. The molecule has 2 N–H and O–H groups in total. The number of pyridine rings is 1. The van der Waals surface area contributed by atoms with E-state index in [4.69, 9.17) is 0 Å². The van der Waals surface area contributed by atoms with E-state index in [1.165, 1.54) is 12.3 Å². The first-order valence-corrected chi connectivity index (χ1v) is 7.80. The highest BCUT2D eigenvalue weighted by Gasteiger charge is 2.29. The van der Waals surface area contributed by atoms with Crippen LogP contribution in [-0.2, 0) is 10.2 Å². The van der Waals surface area contributed by atoms with Gasteiger partial charge in [-0.15, -0.1) is 0 Å². The number of benzene rings is 1. The number of nitrogens with zero attached hydrogens (tertiary/aromatic N) is 1. The topological polar surface area (TPSA) is 88.5 Å². The van der Waals surface area contributed by atoms with Crippen molar-refractivity contribution >= 4 is 17.6 Å².